The minimum Gasteiger partial charge on any atom is -0.394 e. The van der Waals surface area contributed by atoms with Crippen molar-refractivity contribution in [2.24, 2.45) is 10.9 Å². The minimum atomic E-state index is -5.10. The number of nitrogens with two attached hydrogens (primary N) is 3. The number of nitrogens with zero attached hydrogens (tertiary/aromatic N) is 1. The van der Waals surface area contributed by atoms with Crippen LogP contribution in [0, 0.1) is 0 Å². The van der Waals surface area contributed by atoms with Gasteiger partial charge in [0.2, 0.25) is 10.0 Å². The molecule has 2 heterocycles. The molecule has 23 heavy (non-hydrogen) atoms. The topological polar surface area (TPSA) is 248 Å². The number of sulfonamides is 1. The number of H-pyrrole nitrogens is 1. The highest BCUT2D eigenvalue weighted by Gasteiger charge is 2.73. The van der Waals surface area contributed by atoms with Gasteiger partial charge in [0.05, 0.1) is 6.61 Å². The number of primary sulfonamides is 1. The molecule has 0 saturated carbocycles. The summed E-state index contributed by atoms with van der Waals surface area (Å²) in [6.07, 6.45) is -4.12. The van der Waals surface area contributed by atoms with E-state index in [2.05, 4.69) is 9.97 Å². The van der Waals surface area contributed by atoms with Crippen LogP contribution in [0.3, 0.4) is 0 Å². The molecule has 4 atom stereocenters. The van der Waals surface area contributed by atoms with E-state index in [0.717, 1.165) is 0 Å². The van der Waals surface area contributed by atoms with Gasteiger partial charge in [0.1, 0.15) is 17.9 Å². The van der Waals surface area contributed by atoms with Gasteiger partial charge in [0, 0.05) is 0 Å². The van der Waals surface area contributed by atoms with Crippen molar-refractivity contribution < 1.29 is 38.4 Å². The molecular formula is C9H15N5O8S. The molecule has 1 fully saturated rings. The maximum Gasteiger partial charge on any atom is 0.269 e. The first-order chi connectivity index (χ1) is 10.4. The lowest BCUT2D eigenvalue weighted by molar-refractivity contribution is -0.254. The number of amides is 1. The lowest BCUT2D eigenvalue weighted by Crippen LogP contribution is -2.62. The van der Waals surface area contributed by atoms with Crippen molar-refractivity contribution in [2.45, 2.75) is 22.9 Å². The molecule has 130 valence electrons. The fraction of sp³-hybridized carbons (Fsp3) is 0.556. The first-order valence-electron chi connectivity index (χ1n) is 5.99. The number of nitrogen functional groups attached to an aromatic ring is 1. The summed E-state index contributed by atoms with van der Waals surface area (Å²) in [5.74, 6) is -5.02. The molecule has 0 spiro atoms. The van der Waals surface area contributed by atoms with Gasteiger partial charge in [0.25, 0.3) is 16.6 Å². The van der Waals surface area contributed by atoms with Crippen molar-refractivity contribution in [3.05, 3.63) is 11.4 Å². The van der Waals surface area contributed by atoms with Crippen molar-refractivity contribution in [1.82, 2.24) is 9.97 Å². The highest BCUT2D eigenvalue weighted by Crippen LogP contribution is 2.47. The van der Waals surface area contributed by atoms with E-state index in [1.165, 1.54) is 0 Å². The summed E-state index contributed by atoms with van der Waals surface area (Å²) in [6.45, 7) is -0.989. The van der Waals surface area contributed by atoms with Crippen molar-refractivity contribution in [3.63, 3.8) is 0 Å². The van der Waals surface area contributed by atoms with Gasteiger partial charge in [-0.15, -0.1) is 0 Å². The van der Waals surface area contributed by atoms with Gasteiger partial charge in [-0.1, -0.05) is 0 Å². The molecule has 1 aliphatic rings. The van der Waals surface area contributed by atoms with Gasteiger partial charge >= 0.3 is 0 Å². The summed E-state index contributed by atoms with van der Waals surface area (Å²) in [4.78, 5) is 13.4. The Balaban J connectivity index is 2.79. The Kier molecular flexibility index (Phi) is 3.89. The van der Waals surface area contributed by atoms with E-state index in [1.54, 1.807) is 0 Å². The van der Waals surface area contributed by atoms with E-state index in [-0.39, 0.29) is 0 Å². The Morgan fingerprint density at radius 3 is 2.43 bits per heavy atom. The Hall–Kier alpha value is -1.81. The molecule has 1 aliphatic heterocycles. The molecule has 13 nitrogen and oxygen atoms in total. The summed E-state index contributed by atoms with van der Waals surface area (Å²) in [5.41, 5.74) is 8.77. The molecule has 1 aromatic rings. The molecule has 0 bridgehead atoms. The molecule has 1 aromatic heterocycles. The number of primary amides is 1. The molecule has 0 aromatic carbocycles. The number of ether oxygens (including phenoxy) is 1. The number of carbonyl (C=O) groups excluding carboxylic acids is 1. The number of imidazole rings is 1. The third-order valence-corrected chi connectivity index (χ3v) is 4.85. The second-order valence-electron chi connectivity index (χ2n) is 4.88. The Morgan fingerprint density at radius 1 is 1.43 bits per heavy atom. The number of aliphatic hydroxyl groups is 4. The zero-order valence-electron chi connectivity index (χ0n) is 11.4. The average Bonchev–Trinajstić information content (AvgIpc) is 2.92. The van der Waals surface area contributed by atoms with Crippen molar-refractivity contribution >= 4 is 21.9 Å². The molecule has 14 heteroatoms. The van der Waals surface area contributed by atoms with Crippen LogP contribution in [0.25, 0.3) is 0 Å². The maximum atomic E-state index is 11.8. The van der Waals surface area contributed by atoms with Gasteiger partial charge in [-0.25, -0.2) is 18.5 Å². The maximum absolute atomic E-state index is 11.8. The molecule has 0 unspecified atom stereocenters. The Bertz CT molecular complexity index is 749. The Labute approximate surface area is 128 Å². The zero-order chi connectivity index (χ0) is 17.8. The van der Waals surface area contributed by atoms with E-state index >= 15 is 0 Å². The van der Waals surface area contributed by atoms with Gasteiger partial charge in [-0.3, -0.25) is 4.79 Å². The van der Waals surface area contributed by atoms with Crippen molar-refractivity contribution in [2.75, 3.05) is 12.3 Å². The van der Waals surface area contributed by atoms with E-state index < -0.39 is 62.8 Å². The number of aliphatic hydroxyl groups excluding tert-OH is 2. The molecule has 1 amide bonds. The van der Waals surface area contributed by atoms with E-state index in [4.69, 9.17) is 26.4 Å². The predicted molar refractivity (Wildman–Crippen MR) is 71.4 cm³/mol. The van der Waals surface area contributed by atoms with Crippen LogP contribution in [0.2, 0.25) is 0 Å². The van der Waals surface area contributed by atoms with Crippen LogP contribution in [0.1, 0.15) is 16.2 Å². The molecule has 0 aliphatic carbocycles. The number of hydrogen-bond donors (Lipinski definition) is 8. The monoisotopic (exact) mass is 353 g/mol. The second-order valence-corrected chi connectivity index (χ2v) is 6.59. The lowest BCUT2D eigenvalue weighted by atomic mass is 10.00. The summed E-state index contributed by atoms with van der Waals surface area (Å²) >= 11 is 0. The average molecular weight is 353 g/mol. The van der Waals surface area contributed by atoms with Crippen LogP contribution in [-0.2, 0) is 20.5 Å². The fourth-order valence-corrected chi connectivity index (χ4v) is 3.40. The highest BCUT2D eigenvalue weighted by molar-refractivity contribution is 7.90. The molecule has 1 saturated heterocycles. The number of aromatic amines is 1. The third-order valence-electron chi connectivity index (χ3n) is 3.47. The summed E-state index contributed by atoms with van der Waals surface area (Å²) in [6, 6.07) is 0. The van der Waals surface area contributed by atoms with E-state index in [0.29, 0.717) is 0 Å². The third kappa shape index (κ3) is 2.19. The molecule has 0 radical (unpaired) electrons. The van der Waals surface area contributed by atoms with Crippen LogP contribution in [0.5, 0.6) is 0 Å². The van der Waals surface area contributed by atoms with Crippen molar-refractivity contribution in [3.8, 4) is 0 Å². The smallest absolute Gasteiger partial charge is 0.269 e. The fourth-order valence-electron chi connectivity index (χ4n) is 2.37. The quantitative estimate of drug-likeness (QED) is 0.256. The zero-order valence-corrected chi connectivity index (χ0v) is 12.2. The molecule has 2 rings (SSSR count). The van der Waals surface area contributed by atoms with Crippen LogP contribution in [-0.4, -0.2) is 68.5 Å². The Morgan fingerprint density at radius 2 is 2.00 bits per heavy atom. The molecular weight excluding hydrogens is 338 g/mol. The lowest BCUT2D eigenvalue weighted by Gasteiger charge is -2.34. The first-order valence-corrected chi connectivity index (χ1v) is 7.54. The number of hydrogen-bond acceptors (Lipinski definition) is 10. The van der Waals surface area contributed by atoms with Crippen LogP contribution in [0.15, 0.2) is 0 Å². The van der Waals surface area contributed by atoms with Gasteiger partial charge in [0.15, 0.2) is 11.6 Å². The standard InChI is InChI=1S/C9H15N5O8S/c10-6(17)3-4(14-7(11)13-3)8(18)9(19,23(12,20)21)5(16)2(1-15)22-8/h2,5,15-16,18-19H,1H2,(H2,10,17)(H3,11,13,14)(H2,12,20,21)/t2-,5-,8+,9-/m1/s1. The summed E-state index contributed by atoms with van der Waals surface area (Å²) in [5, 5.41) is 44.9. The van der Waals surface area contributed by atoms with E-state index in [1.807, 2.05) is 0 Å². The highest BCUT2D eigenvalue weighted by atomic mass is 32.2. The van der Waals surface area contributed by atoms with Crippen LogP contribution >= 0.6 is 0 Å². The summed E-state index contributed by atoms with van der Waals surface area (Å²) < 4.78 is 28.4. The number of aromatic nitrogens is 2. The largest absolute Gasteiger partial charge is 0.394 e. The normalized spacial score (nSPS) is 34.7. The van der Waals surface area contributed by atoms with Gasteiger partial charge in [-0.2, -0.15) is 0 Å². The van der Waals surface area contributed by atoms with Crippen molar-refractivity contribution in [1.29, 1.82) is 0 Å². The minimum absolute atomic E-state index is 0.468. The predicted octanol–water partition coefficient (Wildman–Crippen LogP) is -5.03. The summed E-state index contributed by atoms with van der Waals surface area (Å²) in [7, 11) is -5.10. The van der Waals surface area contributed by atoms with Gasteiger partial charge < -0.3 is 41.6 Å². The number of nitrogens with one attached hydrogen (secondary N) is 1. The first kappa shape index (κ1) is 17.5. The molecule has 11 N–H and O–H groups in total. The van der Waals surface area contributed by atoms with Gasteiger partial charge in [-0.05, 0) is 0 Å². The van der Waals surface area contributed by atoms with Crippen LogP contribution < -0.4 is 16.6 Å². The number of carbonyl (C=O) groups is 1. The number of anilines is 1. The number of rotatable bonds is 4. The van der Waals surface area contributed by atoms with E-state index in [9.17, 15) is 28.5 Å². The van der Waals surface area contributed by atoms with Crippen LogP contribution in [0.4, 0.5) is 5.95 Å². The second kappa shape index (κ2) is 5.10. The SMILES string of the molecule is NC(=O)c1nc(N)[nH]c1[C@]1(O)O[C@H](CO)[C@@H](O)[C@@]1(O)S(N)(=O)=O.